The first-order chi connectivity index (χ1) is 11.8. The Kier molecular flexibility index (Phi) is 3.70. The second kappa shape index (κ2) is 6.02. The third-order valence-electron chi connectivity index (χ3n) is 4.01. The van der Waals surface area contributed by atoms with Crippen molar-refractivity contribution in [3.05, 3.63) is 77.1 Å². The van der Waals surface area contributed by atoms with Crippen molar-refractivity contribution >= 4 is 23.2 Å². The molecule has 3 aromatic rings. The molecular weight excluding hydrogens is 324 g/mol. The second-order valence-electron chi connectivity index (χ2n) is 5.43. The van der Waals surface area contributed by atoms with E-state index in [1.807, 2.05) is 53.2 Å². The molecule has 0 saturated carbocycles. The van der Waals surface area contributed by atoms with E-state index in [4.69, 9.17) is 16.3 Å². The molecule has 2 aromatic carbocycles. The Labute approximate surface area is 144 Å². The highest BCUT2D eigenvalue weighted by Crippen LogP contribution is 2.35. The Hall–Kier alpha value is -2.79. The van der Waals surface area contributed by atoms with Crippen molar-refractivity contribution in [3.63, 3.8) is 0 Å². The molecule has 0 saturated heterocycles. The van der Waals surface area contributed by atoms with E-state index in [9.17, 15) is 0 Å². The Bertz CT molecular complexity index is 919. The topological polar surface area (TPSA) is 52.0 Å². The quantitative estimate of drug-likeness (QED) is 0.784. The molecule has 5 nitrogen and oxygen atoms in total. The monoisotopic (exact) mass is 338 g/mol. The number of allylic oxidation sites excluding steroid dienone is 1. The van der Waals surface area contributed by atoms with Crippen LogP contribution >= 0.6 is 11.6 Å². The van der Waals surface area contributed by atoms with Crippen LogP contribution in [0.2, 0.25) is 5.02 Å². The number of benzene rings is 2. The van der Waals surface area contributed by atoms with E-state index in [0.29, 0.717) is 11.0 Å². The lowest BCUT2D eigenvalue weighted by atomic mass is 10.0. The Balaban J connectivity index is 1.83. The first-order valence-electron chi connectivity index (χ1n) is 7.53. The molecule has 4 rings (SSSR count). The maximum absolute atomic E-state index is 6.40. The van der Waals surface area contributed by atoms with Crippen LogP contribution in [0, 0.1) is 0 Å². The molecule has 0 fully saturated rings. The molecule has 24 heavy (non-hydrogen) atoms. The predicted octanol–water partition coefficient (Wildman–Crippen LogP) is 4.00. The lowest BCUT2D eigenvalue weighted by molar-refractivity contribution is 0.414. The molecule has 1 N–H and O–H groups in total. The van der Waals surface area contributed by atoms with Crippen LogP contribution in [-0.4, -0.2) is 21.9 Å². The number of anilines is 1. The van der Waals surface area contributed by atoms with E-state index in [0.717, 1.165) is 22.6 Å². The van der Waals surface area contributed by atoms with Crippen LogP contribution in [0.5, 0.6) is 5.75 Å². The molecule has 0 aliphatic carbocycles. The van der Waals surface area contributed by atoms with Gasteiger partial charge >= 0.3 is 0 Å². The average Bonchev–Trinajstić information content (AvgIpc) is 3.10. The summed E-state index contributed by atoms with van der Waals surface area (Å²) in [5.41, 5.74) is 2.94. The van der Waals surface area contributed by atoms with Crippen LogP contribution < -0.4 is 10.1 Å². The highest BCUT2D eigenvalue weighted by molar-refractivity contribution is 6.31. The smallest absolute Gasteiger partial charge is 0.226 e. The van der Waals surface area contributed by atoms with Gasteiger partial charge in [0.25, 0.3) is 0 Å². The first kappa shape index (κ1) is 14.8. The van der Waals surface area contributed by atoms with Crippen molar-refractivity contribution in [2.45, 2.75) is 6.04 Å². The number of ether oxygens (including phenoxy) is 1. The number of nitrogens with one attached hydrogen (secondary N) is 1. The molecule has 6 heteroatoms. The molecule has 1 aromatic heterocycles. The van der Waals surface area contributed by atoms with Crippen molar-refractivity contribution in [1.82, 2.24) is 14.8 Å². The van der Waals surface area contributed by atoms with Crippen LogP contribution in [0.15, 0.2) is 60.9 Å². The maximum Gasteiger partial charge on any atom is 0.226 e. The van der Waals surface area contributed by atoms with Crippen LogP contribution in [0.4, 0.5) is 5.95 Å². The third-order valence-corrected chi connectivity index (χ3v) is 4.36. The van der Waals surface area contributed by atoms with Crippen molar-refractivity contribution in [3.8, 4) is 5.75 Å². The summed E-state index contributed by atoms with van der Waals surface area (Å²) >= 11 is 6.40. The summed E-state index contributed by atoms with van der Waals surface area (Å²) in [6, 6.07) is 15.5. The van der Waals surface area contributed by atoms with Crippen molar-refractivity contribution in [2.75, 3.05) is 12.4 Å². The molecule has 0 unspecified atom stereocenters. The molecule has 0 bridgehead atoms. The van der Waals surface area contributed by atoms with Gasteiger partial charge in [0.1, 0.15) is 18.1 Å². The summed E-state index contributed by atoms with van der Waals surface area (Å²) in [4.78, 5) is 4.31. The normalized spacial score (nSPS) is 16.1. The van der Waals surface area contributed by atoms with Gasteiger partial charge in [-0.25, -0.2) is 4.68 Å². The van der Waals surface area contributed by atoms with Gasteiger partial charge in [-0.3, -0.25) is 0 Å². The van der Waals surface area contributed by atoms with Gasteiger partial charge in [-0.05, 0) is 29.8 Å². The fourth-order valence-electron chi connectivity index (χ4n) is 2.83. The SMILES string of the molecule is COc1cccc(C2=C[C@H](c3ccccc3Cl)n3ncnc3N2)c1. The Morgan fingerprint density at radius 1 is 1.17 bits per heavy atom. The number of halogens is 1. The van der Waals surface area contributed by atoms with Gasteiger partial charge in [-0.2, -0.15) is 10.1 Å². The van der Waals surface area contributed by atoms with E-state index < -0.39 is 0 Å². The van der Waals surface area contributed by atoms with E-state index >= 15 is 0 Å². The average molecular weight is 339 g/mol. The first-order valence-corrected chi connectivity index (χ1v) is 7.91. The van der Waals surface area contributed by atoms with Gasteiger partial charge in [0.2, 0.25) is 5.95 Å². The predicted molar refractivity (Wildman–Crippen MR) is 94.2 cm³/mol. The molecule has 0 radical (unpaired) electrons. The summed E-state index contributed by atoms with van der Waals surface area (Å²) in [6.45, 7) is 0. The van der Waals surface area contributed by atoms with Crippen molar-refractivity contribution in [1.29, 1.82) is 0 Å². The van der Waals surface area contributed by atoms with Gasteiger partial charge in [0, 0.05) is 16.3 Å². The Morgan fingerprint density at radius 2 is 2.04 bits per heavy atom. The van der Waals surface area contributed by atoms with E-state index in [2.05, 4.69) is 21.5 Å². The zero-order valence-electron chi connectivity index (χ0n) is 13.0. The van der Waals surface area contributed by atoms with Crippen molar-refractivity contribution < 1.29 is 4.74 Å². The standard InChI is InChI=1S/C18H15ClN4O/c1-24-13-6-4-5-12(9-13)16-10-17(14-7-2-3-8-15(14)19)23-18(22-16)20-11-21-23/h2-11,17H,1H3,(H,20,21,22)/t17-/m1/s1. The molecule has 120 valence electrons. The summed E-state index contributed by atoms with van der Waals surface area (Å²) in [6.07, 6.45) is 3.63. The van der Waals surface area contributed by atoms with Crippen LogP contribution in [0.1, 0.15) is 17.2 Å². The minimum absolute atomic E-state index is 0.126. The summed E-state index contributed by atoms with van der Waals surface area (Å²) in [7, 11) is 1.66. The van der Waals surface area contributed by atoms with Crippen LogP contribution in [0.25, 0.3) is 5.70 Å². The molecule has 0 spiro atoms. The van der Waals surface area contributed by atoms with Crippen LogP contribution in [0.3, 0.4) is 0 Å². The van der Waals surface area contributed by atoms with E-state index in [1.54, 1.807) is 7.11 Å². The summed E-state index contributed by atoms with van der Waals surface area (Å²) in [5, 5.41) is 8.35. The van der Waals surface area contributed by atoms with Crippen LogP contribution in [-0.2, 0) is 0 Å². The highest BCUT2D eigenvalue weighted by atomic mass is 35.5. The minimum Gasteiger partial charge on any atom is -0.497 e. The zero-order valence-corrected chi connectivity index (χ0v) is 13.7. The number of nitrogens with zero attached hydrogens (tertiary/aromatic N) is 3. The van der Waals surface area contributed by atoms with Gasteiger partial charge in [-0.15, -0.1) is 0 Å². The number of fused-ring (bicyclic) bond motifs is 1. The summed E-state index contributed by atoms with van der Waals surface area (Å²) in [5.74, 6) is 1.48. The van der Waals surface area contributed by atoms with E-state index in [-0.39, 0.29) is 6.04 Å². The largest absolute Gasteiger partial charge is 0.497 e. The number of aromatic nitrogens is 3. The second-order valence-corrected chi connectivity index (χ2v) is 5.84. The van der Waals surface area contributed by atoms with Gasteiger partial charge in [0.15, 0.2) is 0 Å². The van der Waals surface area contributed by atoms with Gasteiger partial charge < -0.3 is 10.1 Å². The number of hydrogen-bond donors (Lipinski definition) is 1. The molecule has 1 aliphatic rings. The van der Waals surface area contributed by atoms with Gasteiger partial charge in [-0.1, -0.05) is 41.9 Å². The fraction of sp³-hybridized carbons (Fsp3) is 0.111. The number of methoxy groups -OCH3 is 1. The maximum atomic E-state index is 6.40. The van der Waals surface area contributed by atoms with Gasteiger partial charge in [0.05, 0.1) is 7.11 Å². The molecular formula is C18H15ClN4O. The molecule has 0 amide bonds. The molecule has 1 atom stereocenters. The lowest BCUT2D eigenvalue weighted by Crippen LogP contribution is -2.20. The third kappa shape index (κ3) is 2.53. The lowest BCUT2D eigenvalue weighted by Gasteiger charge is -2.25. The molecule has 2 heterocycles. The van der Waals surface area contributed by atoms with Crippen molar-refractivity contribution in [2.24, 2.45) is 0 Å². The van der Waals surface area contributed by atoms with E-state index in [1.165, 1.54) is 6.33 Å². The molecule has 1 aliphatic heterocycles. The number of hydrogen-bond acceptors (Lipinski definition) is 4. The summed E-state index contributed by atoms with van der Waals surface area (Å²) < 4.78 is 7.15. The zero-order chi connectivity index (χ0) is 16.5. The Morgan fingerprint density at radius 3 is 2.88 bits per heavy atom. The minimum atomic E-state index is -0.126. The number of rotatable bonds is 3. The highest BCUT2D eigenvalue weighted by Gasteiger charge is 2.24. The fourth-order valence-corrected chi connectivity index (χ4v) is 3.08.